The van der Waals surface area contributed by atoms with Gasteiger partial charge in [0.1, 0.15) is 24.2 Å². The van der Waals surface area contributed by atoms with Crippen LogP contribution in [-0.4, -0.2) is 62.9 Å². The number of pyridine rings is 2. The lowest BCUT2D eigenvalue weighted by atomic mass is 9.80. The van der Waals surface area contributed by atoms with Crippen LogP contribution >= 0.6 is 0 Å². The molecule has 9 nitrogen and oxygen atoms in total. The Labute approximate surface area is 246 Å². The number of amides is 3. The third-order valence-corrected chi connectivity index (χ3v) is 8.52. The van der Waals surface area contributed by atoms with Gasteiger partial charge in [0.05, 0.1) is 11.0 Å². The molecule has 4 heterocycles. The summed E-state index contributed by atoms with van der Waals surface area (Å²) in [6, 6.07) is 3.19. The topological polar surface area (TPSA) is 136 Å². The predicted molar refractivity (Wildman–Crippen MR) is 142 cm³/mol. The number of hydrogen-bond acceptors (Lipinski definition) is 5. The smallest absolute Gasteiger partial charge is 0.406 e. The van der Waals surface area contributed by atoms with Gasteiger partial charge < -0.3 is 21.0 Å². The zero-order chi connectivity index (χ0) is 30.8. The molecular formula is C29H25F6N5O4. The zero-order valence-electron chi connectivity index (χ0n) is 22.9. The minimum atomic E-state index is -4.86. The number of carbonyl (C=O) groups is 3. The van der Waals surface area contributed by atoms with Crippen LogP contribution in [0.25, 0.3) is 0 Å². The Balaban J connectivity index is 0.00000384. The Morgan fingerprint density at radius 2 is 1.84 bits per heavy atom. The number of fused-ring (bicyclic) bond motifs is 3. The fraction of sp³-hybridized carbons (Fsp3) is 0.345. The van der Waals surface area contributed by atoms with Gasteiger partial charge in [-0.05, 0) is 49.6 Å². The molecule has 6 rings (SSSR count). The Hall–Kier alpha value is -4.53. The van der Waals surface area contributed by atoms with E-state index in [1.54, 1.807) is 18.3 Å². The monoisotopic (exact) mass is 621 g/mol. The molecule has 15 heteroatoms. The van der Waals surface area contributed by atoms with Crippen LogP contribution in [0.1, 0.15) is 52.0 Å². The molecule has 1 unspecified atom stereocenters. The van der Waals surface area contributed by atoms with E-state index in [9.17, 15) is 40.7 Å². The Morgan fingerprint density at radius 1 is 1.11 bits per heavy atom. The predicted octanol–water partition coefficient (Wildman–Crippen LogP) is 3.12. The van der Waals surface area contributed by atoms with Crippen molar-refractivity contribution in [1.29, 1.82) is 0 Å². The van der Waals surface area contributed by atoms with Crippen molar-refractivity contribution in [3.63, 3.8) is 0 Å². The maximum Gasteiger partial charge on any atom is 0.406 e. The molecule has 1 spiro atoms. The van der Waals surface area contributed by atoms with Gasteiger partial charge in [-0.25, -0.2) is 18.2 Å². The molecule has 1 aromatic carbocycles. The molecule has 3 aliphatic rings. The molecule has 3 aromatic rings. The van der Waals surface area contributed by atoms with Gasteiger partial charge in [0.15, 0.2) is 11.6 Å². The number of piperidine rings is 1. The number of nitrogens with one attached hydrogen (secondary N) is 2. The zero-order valence-corrected chi connectivity index (χ0v) is 22.9. The van der Waals surface area contributed by atoms with Crippen molar-refractivity contribution in [1.82, 2.24) is 20.2 Å². The maximum atomic E-state index is 14.7. The molecule has 0 bridgehead atoms. The largest absolute Gasteiger partial charge is 0.412 e. The van der Waals surface area contributed by atoms with Gasteiger partial charge in [-0.2, -0.15) is 13.2 Å². The summed E-state index contributed by atoms with van der Waals surface area (Å²) < 4.78 is 83.8. The molecule has 4 atom stereocenters. The second-order valence-corrected chi connectivity index (χ2v) is 11.1. The van der Waals surface area contributed by atoms with Crippen LogP contribution in [0.3, 0.4) is 0 Å². The van der Waals surface area contributed by atoms with Crippen LogP contribution in [0.4, 0.5) is 32.2 Å². The van der Waals surface area contributed by atoms with E-state index in [0.29, 0.717) is 39.7 Å². The first kappa shape index (κ1) is 30.9. The molecule has 1 saturated heterocycles. The van der Waals surface area contributed by atoms with E-state index in [0.717, 1.165) is 0 Å². The number of carbonyl (C=O) groups excluding carboxylic acids is 3. The minimum absolute atomic E-state index is 0. The van der Waals surface area contributed by atoms with E-state index < -0.39 is 77.4 Å². The minimum Gasteiger partial charge on any atom is -0.412 e. The number of likely N-dealkylation sites (tertiary alicyclic amines) is 1. The van der Waals surface area contributed by atoms with Crippen molar-refractivity contribution in [2.24, 2.45) is 0 Å². The molecule has 4 N–H and O–H groups in total. The van der Waals surface area contributed by atoms with Crippen molar-refractivity contribution in [2.45, 2.75) is 55.8 Å². The highest BCUT2D eigenvalue weighted by molar-refractivity contribution is 6.06. The average Bonchev–Trinajstić information content (AvgIpc) is 3.47. The average molecular weight is 622 g/mol. The van der Waals surface area contributed by atoms with Gasteiger partial charge in [0.25, 0.3) is 5.91 Å². The summed E-state index contributed by atoms with van der Waals surface area (Å²) in [5.74, 6) is -7.38. The van der Waals surface area contributed by atoms with Gasteiger partial charge in [0, 0.05) is 47.6 Å². The first-order valence-electron chi connectivity index (χ1n) is 13.4. The molecule has 3 amide bonds. The first-order valence-corrected chi connectivity index (χ1v) is 13.4. The molecule has 0 radical (unpaired) electrons. The number of hydrogen-bond donors (Lipinski definition) is 2. The third kappa shape index (κ3) is 5.04. The van der Waals surface area contributed by atoms with E-state index in [4.69, 9.17) is 0 Å². The van der Waals surface area contributed by atoms with Gasteiger partial charge in [-0.15, -0.1) is 0 Å². The summed E-state index contributed by atoms with van der Waals surface area (Å²) in [6.07, 6.45) is -2.11. The Morgan fingerprint density at radius 3 is 2.57 bits per heavy atom. The lowest BCUT2D eigenvalue weighted by Crippen LogP contribution is -2.60. The number of aromatic nitrogens is 2. The quantitative estimate of drug-likeness (QED) is 0.341. The van der Waals surface area contributed by atoms with Crippen LogP contribution in [-0.2, 0) is 27.8 Å². The van der Waals surface area contributed by atoms with Crippen LogP contribution in [0, 0.1) is 17.5 Å². The molecule has 1 aliphatic carbocycles. The fourth-order valence-corrected chi connectivity index (χ4v) is 6.43. The number of alkyl halides is 3. The maximum absolute atomic E-state index is 14.7. The first-order chi connectivity index (χ1) is 20.3. The van der Waals surface area contributed by atoms with Crippen LogP contribution in [0.15, 0.2) is 42.7 Å². The molecule has 2 aliphatic heterocycles. The number of benzene rings is 1. The lowest BCUT2D eigenvalue weighted by molar-refractivity contribution is -0.170. The molecule has 2 aromatic heterocycles. The molecule has 0 saturated carbocycles. The van der Waals surface area contributed by atoms with E-state index in [2.05, 4.69) is 20.6 Å². The fourth-order valence-electron chi connectivity index (χ4n) is 6.43. The Kier molecular flexibility index (Phi) is 7.64. The van der Waals surface area contributed by atoms with Crippen LogP contribution in [0.2, 0.25) is 0 Å². The summed E-state index contributed by atoms with van der Waals surface area (Å²) >= 11 is 0. The van der Waals surface area contributed by atoms with Gasteiger partial charge in [-0.3, -0.25) is 19.4 Å². The summed E-state index contributed by atoms with van der Waals surface area (Å²) in [7, 11) is 0. The SMILES string of the molecule is C[C@@H]1[C@H](c2c(F)ccc(F)c2F)C[C@H](NC(=O)c2cnc3c(c2)CC2(C3)C(=O)Nc3ncccc32)C(=O)N1CC(F)(F)F.O. The van der Waals surface area contributed by atoms with Crippen molar-refractivity contribution < 1.29 is 46.2 Å². The lowest BCUT2D eigenvalue weighted by Gasteiger charge is -2.43. The van der Waals surface area contributed by atoms with E-state index in [1.807, 2.05) is 0 Å². The molecular weight excluding hydrogens is 596 g/mol. The number of halogens is 6. The van der Waals surface area contributed by atoms with Crippen LogP contribution in [0.5, 0.6) is 0 Å². The molecule has 232 valence electrons. The highest BCUT2D eigenvalue weighted by Gasteiger charge is 2.52. The third-order valence-electron chi connectivity index (χ3n) is 8.52. The summed E-state index contributed by atoms with van der Waals surface area (Å²) in [4.78, 5) is 48.4. The summed E-state index contributed by atoms with van der Waals surface area (Å²) in [5.41, 5.74) is 0.0460. The number of nitrogens with zero attached hydrogens (tertiary/aromatic N) is 3. The standard InChI is InChI=1S/C29H23F6N5O3.H2O/c1-13-16(22-18(30)4-5-19(31)23(22)32)8-20(26(42)40(13)12-29(33,34)35)38-25(41)15-7-14-9-28(10-21(14)37-11-15)17-3-2-6-36-24(17)39-27(28)43;/h2-7,11,13,16,20H,8-10,12H2,1H3,(H,38,41)(H,36,39,43);1H2/t13-,16-,20+,28?;/m1./s1. The van der Waals surface area contributed by atoms with E-state index in [-0.39, 0.29) is 29.8 Å². The van der Waals surface area contributed by atoms with Gasteiger partial charge >= 0.3 is 6.18 Å². The summed E-state index contributed by atoms with van der Waals surface area (Å²) in [6.45, 7) is -0.557. The van der Waals surface area contributed by atoms with Crippen molar-refractivity contribution in [3.05, 3.63) is 88.1 Å². The second kappa shape index (κ2) is 10.9. The normalized spacial score (nSPS) is 24.1. The van der Waals surface area contributed by atoms with Crippen molar-refractivity contribution in [3.8, 4) is 0 Å². The van der Waals surface area contributed by atoms with Gasteiger partial charge in [-0.1, -0.05) is 6.07 Å². The van der Waals surface area contributed by atoms with Crippen molar-refractivity contribution in [2.75, 3.05) is 11.9 Å². The highest BCUT2D eigenvalue weighted by Crippen LogP contribution is 2.46. The number of rotatable bonds is 4. The highest BCUT2D eigenvalue weighted by atomic mass is 19.4. The molecule has 44 heavy (non-hydrogen) atoms. The Bertz CT molecular complexity index is 1680. The summed E-state index contributed by atoms with van der Waals surface area (Å²) in [5, 5.41) is 5.14. The number of anilines is 1. The van der Waals surface area contributed by atoms with Crippen molar-refractivity contribution >= 4 is 23.5 Å². The second-order valence-electron chi connectivity index (χ2n) is 11.1. The van der Waals surface area contributed by atoms with E-state index >= 15 is 0 Å². The van der Waals surface area contributed by atoms with Crippen LogP contribution < -0.4 is 10.6 Å². The van der Waals surface area contributed by atoms with E-state index in [1.165, 1.54) is 19.2 Å². The van der Waals surface area contributed by atoms with Gasteiger partial charge in [0.2, 0.25) is 11.8 Å². The molecule has 1 fully saturated rings.